The van der Waals surface area contributed by atoms with Gasteiger partial charge in [0.15, 0.2) is 0 Å². The van der Waals surface area contributed by atoms with E-state index >= 15 is 0 Å². The van der Waals surface area contributed by atoms with Crippen LogP contribution in [0.2, 0.25) is 0 Å². The van der Waals surface area contributed by atoms with Crippen LogP contribution in [0.1, 0.15) is 17.7 Å². The average molecular weight is 243 g/mol. The van der Waals surface area contributed by atoms with E-state index in [-0.39, 0.29) is 16.0 Å². The fourth-order valence-electron chi connectivity index (χ4n) is 1.99. The average Bonchev–Trinajstić information content (AvgIpc) is 2.70. The van der Waals surface area contributed by atoms with Crippen molar-refractivity contribution in [3.8, 4) is 0 Å². The lowest BCUT2D eigenvalue weighted by molar-refractivity contribution is -0.919. The second kappa shape index (κ2) is 4.90. The highest BCUT2D eigenvalue weighted by Crippen LogP contribution is 2.23. The van der Waals surface area contributed by atoms with Gasteiger partial charge in [-0.1, -0.05) is 11.3 Å². The lowest BCUT2D eigenvalue weighted by atomic mass is 10.1. The third-order valence-corrected chi connectivity index (χ3v) is 3.95. The number of thiophene rings is 1. The van der Waals surface area contributed by atoms with Crippen LogP contribution in [-0.4, -0.2) is 29.2 Å². The van der Waals surface area contributed by atoms with Gasteiger partial charge in [0.25, 0.3) is 0 Å². The molecule has 0 aliphatic carbocycles. The fraction of sp³-hybridized carbons (Fsp3) is 0.600. The summed E-state index contributed by atoms with van der Waals surface area (Å²) in [5, 5.41) is 20.1. The molecule has 0 aromatic carbocycles. The first kappa shape index (κ1) is 11.5. The Bertz CT molecular complexity index is 372. The third-order valence-electron chi connectivity index (χ3n) is 2.91. The van der Waals surface area contributed by atoms with E-state index in [4.69, 9.17) is 0 Å². The minimum Gasteiger partial charge on any atom is -0.393 e. The standard InChI is InChI=1S/C10H14N2O3S/c13-8-3-5-11(6-4-8)7-9-1-2-10(16-9)12(14)15/h1-2,8,13H,3-7H2/p+1. The Hall–Kier alpha value is -0.980. The van der Waals surface area contributed by atoms with Crippen LogP contribution < -0.4 is 4.90 Å². The Morgan fingerprint density at radius 1 is 1.50 bits per heavy atom. The van der Waals surface area contributed by atoms with E-state index in [0.717, 1.165) is 37.4 Å². The van der Waals surface area contributed by atoms with Crippen LogP contribution in [0.3, 0.4) is 0 Å². The summed E-state index contributed by atoms with van der Waals surface area (Å²) in [6, 6.07) is 3.40. The highest BCUT2D eigenvalue weighted by molar-refractivity contribution is 7.15. The number of nitrogens with zero attached hydrogens (tertiary/aromatic N) is 1. The monoisotopic (exact) mass is 243 g/mol. The zero-order chi connectivity index (χ0) is 11.5. The quantitative estimate of drug-likeness (QED) is 0.588. The molecular formula is C10H15N2O3S+. The molecule has 5 nitrogen and oxygen atoms in total. The molecule has 0 spiro atoms. The zero-order valence-corrected chi connectivity index (χ0v) is 9.70. The SMILES string of the molecule is O=[N+]([O-])c1ccc(C[NH+]2CCC(O)CC2)s1. The van der Waals surface area contributed by atoms with Crippen LogP contribution in [0.5, 0.6) is 0 Å². The van der Waals surface area contributed by atoms with Crippen molar-refractivity contribution in [1.29, 1.82) is 0 Å². The van der Waals surface area contributed by atoms with Crippen molar-refractivity contribution >= 4 is 16.3 Å². The molecule has 0 saturated carbocycles. The molecule has 1 aromatic heterocycles. The van der Waals surface area contributed by atoms with Gasteiger partial charge in [-0.2, -0.15) is 0 Å². The van der Waals surface area contributed by atoms with Gasteiger partial charge in [-0.15, -0.1) is 0 Å². The van der Waals surface area contributed by atoms with E-state index in [1.165, 1.54) is 16.2 Å². The summed E-state index contributed by atoms with van der Waals surface area (Å²) in [4.78, 5) is 12.6. The Morgan fingerprint density at radius 3 is 2.75 bits per heavy atom. The Kier molecular flexibility index (Phi) is 3.52. The lowest BCUT2D eigenvalue weighted by Gasteiger charge is -2.25. The largest absolute Gasteiger partial charge is 0.393 e. The van der Waals surface area contributed by atoms with Gasteiger partial charge in [-0.25, -0.2) is 0 Å². The maximum Gasteiger partial charge on any atom is 0.324 e. The van der Waals surface area contributed by atoms with Crippen LogP contribution in [0.25, 0.3) is 0 Å². The van der Waals surface area contributed by atoms with Gasteiger partial charge in [-0.05, 0) is 6.07 Å². The van der Waals surface area contributed by atoms with Crippen molar-refractivity contribution in [3.05, 3.63) is 27.1 Å². The zero-order valence-electron chi connectivity index (χ0n) is 8.89. The first-order chi connectivity index (χ1) is 7.65. The number of nitro groups is 1. The second-order valence-corrected chi connectivity index (χ2v) is 5.30. The van der Waals surface area contributed by atoms with E-state index < -0.39 is 0 Å². The molecule has 1 aliphatic heterocycles. The molecule has 2 rings (SSSR count). The first-order valence-corrected chi connectivity index (χ1v) is 6.21. The maximum absolute atomic E-state index is 10.5. The molecule has 0 amide bonds. The smallest absolute Gasteiger partial charge is 0.324 e. The van der Waals surface area contributed by atoms with E-state index in [1.807, 2.05) is 6.07 Å². The summed E-state index contributed by atoms with van der Waals surface area (Å²) in [7, 11) is 0. The number of piperidine rings is 1. The summed E-state index contributed by atoms with van der Waals surface area (Å²) in [6.07, 6.45) is 1.52. The van der Waals surface area contributed by atoms with Gasteiger partial charge >= 0.3 is 5.00 Å². The molecular weight excluding hydrogens is 228 g/mol. The molecule has 1 fully saturated rings. The predicted octanol–water partition coefficient (Wildman–Crippen LogP) is 0.196. The van der Waals surface area contributed by atoms with Crippen molar-refractivity contribution < 1.29 is 14.9 Å². The molecule has 0 atom stereocenters. The fourth-order valence-corrected chi connectivity index (χ4v) is 2.89. The summed E-state index contributed by atoms with van der Waals surface area (Å²) in [5.74, 6) is 0. The number of hydrogen-bond acceptors (Lipinski definition) is 4. The highest BCUT2D eigenvalue weighted by atomic mass is 32.1. The Labute approximate surface area is 97.5 Å². The molecule has 2 N–H and O–H groups in total. The maximum atomic E-state index is 10.5. The number of likely N-dealkylation sites (tertiary alicyclic amines) is 1. The van der Waals surface area contributed by atoms with Gasteiger partial charge in [-0.3, -0.25) is 10.1 Å². The molecule has 1 aliphatic rings. The molecule has 0 unspecified atom stereocenters. The number of nitrogens with one attached hydrogen (secondary N) is 1. The van der Waals surface area contributed by atoms with Gasteiger partial charge in [0, 0.05) is 18.9 Å². The van der Waals surface area contributed by atoms with Gasteiger partial charge in [0.05, 0.1) is 29.0 Å². The van der Waals surface area contributed by atoms with Gasteiger partial charge in [0.2, 0.25) is 0 Å². The number of aliphatic hydroxyl groups excluding tert-OH is 1. The number of aliphatic hydroxyl groups is 1. The molecule has 1 saturated heterocycles. The minimum absolute atomic E-state index is 0.151. The predicted molar refractivity (Wildman–Crippen MR) is 60.6 cm³/mol. The van der Waals surface area contributed by atoms with E-state index in [9.17, 15) is 15.2 Å². The molecule has 88 valence electrons. The molecule has 0 bridgehead atoms. The van der Waals surface area contributed by atoms with Crippen molar-refractivity contribution in [2.45, 2.75) is 25.5 Å². The number of rotatable bonds is 3. The van der Waals surface area contributed by atoms with Crippen LogP contribution >= 0.6 is 11.3 Å². The van der Waals surface area contributed by atoms with Crippen molar-refractivity contribution in [2.75, 3.05) is 13.1 Å². The van der Waals surface area contributed by atoms with Crippen molar-refractivity contribution in [3.63, 3.8) is 0 Å². The number of quaternary nitrogens is 1. The minimum atomic E-state index is -0.344. The first-order valence-electron chi connectivity index (χ1n) is 5.40. The highest BCUT2D eigenvalue weighted by Gasteiger charge is 2.21. The lowest BCUT2D eigenvalue weighted by Crippen LogP contribution is -3.11. The molecule has 6 heteroatoms. The van der Waals surface area contributed by atoms with Crippen molar-refractivity contribution in [2.24, 2.45) is 0 Å². The summed E-state index contributed by atoms with van der Waals surface area (Å²) in [5.41, 5.74) is 0. The van der Waals surface area contributed by atoms with Crippen LogP contribution in [0, 0.1) is 10.1 Å². The van der Waals surface area contributed by atoms with Crippen LogP contribution in [0.15, 0.2) is 12.1 Å². The molecule has 2 heterocycles. The second-order valence-electron chi connectivity index (χ2n) is 4.16. The van der Waals surface area contributed by atoms with E-state index in [0.29, 0.717) is 0 Å². The van der Waals surface area contributed by atoms with E-state index in [2.05, 4.69) is 0 Å². The molecule has 0 radical (unpaired) electrons. The van der Waals surface area contributed by atoms with Gasteiger partial charge < -0.3 is 10.0 Å². The Balaban J connectivity index is 1.91. The summed E-state index contributed by atoms with van der Waals surface area (Å²) in [6.45, 7) is 2.74. The molecule has 1 aromatic rings. The van der Waals surface area contributed by atoms with E-state index in [1.54, 1.807) is 6.07 Å². The normalized spacial score (nSPS) is 25.6. The topological polar surface area (TPSA) is 67.8 Å². The summed E-state index contributed by atoms with van der Waals surface area (Å²) >= 11 is 1.25. The van der Waals surface area contributed by atoms with Crippen LogP contribution in [0.4, 0.5) is 5.00 Å². The van der Waals surface area contributed by atoms with Crippen LogP contribution in [-0.2, 0) is 6.54 Å². The number of hydrogen-bond donors (Lipinski definition) is 2. The van der Waals surface area contributed by atoms with Crippen molar-refractivity contribution in [1.82, 2.24) is 0 Å². The molecule has 16 heavy (non-hydrogen) atoms. The Morgan fingerprint density at radius 2 is 2.19 bits per heavy atom. The third kappa shape index (κ3) is 2.78. The van der Waals surface area contributed by atoms with Gasteiger partial charge in [0.1, 0.15) is 6.54 Å². The summed E-state index contributed by atoms with van der Waals surface area (Å²) < 4.78 is 0.